The van der Waals surface area contributed by atoms with Gasteiger partial charge >= 0.3 is 6.09 Å². The highest BCUT2D eigenvalue weighted by Crippen LogP contribution is 2.21. The summed E-state index contributed by atoms with van der Waals surface area (Å²) in [5.41, 5.74) is -0.767. The zero-order valence-electron chi connectivity index (χ0n) is 15.5. The zero-order chi connectivity index (χ0) is 19.5. The molecule has 0 saturated carbocycles. The van der Waals surface area contributed by atoms with Crippen LogP contribution in [0.25, 0.3) is 0 Å². The van der Waals surface area contributed by atoms with Crippen molar-refractivity contribution in [3.05, 3.63) is 29.6 Å². The van der Waals surface area contributed by atoms with Crippen molar-refractivity contribution in [2.45, 2.75) is 32.4 Å². The van der Waals surface area contributed by atoms with Gasteiger partial charge in [-0.3, -0.25) is 4.79 Å². The Bertz CT molecular complexity index is 674. The number of amides is 2. The zero-order valence-corrected chi connectivity index (χ0v) is 15.5. The number of rotatable bonds is 3. The summed E-state index contributed by atoms with van der Waals surface area (Å²) in [4.78, 5) is 27.8. The molecule has 0 radical (unpaired) electrons. The second-order valence-electron chi connectivity index (χ2n) is 7.11. The lowest BCUT2D eigenvalue weighted by Crippen LogP contribution is -2.58. The summed E-state index contributed by atoms with van der Waals surface area (Å²) in [7, 11) is 1.43. The number of carbonyl (C=O) groups is 2. The number of hydrogen-bond donors (Lipinski definition) is 1. The number of nitrogens with zero attached hydrogens (tertiary/aromatic N) is 2. The molecule has 1 aromatic carbocycles. The van der Waals surface area contributed by atoms with Gasteiger partial charge < -0.3 is 24.4 Å². The quantitative estimate of drug-likeness (QED) is 0.881. The Labute approximate surface area is 152 Å². The molecule has 0 bridgehead atoms. The molecule has 1 aliphatic rings. The van der Waals surface area contributed by atoms with Crippen molar-refractivity contribution >= 4 is 12.0 Å². The summed E-state index contributed by atoms with van der Waals surface area (Å²) in [6.07, 6.45) is -0.504. The van der Waals surface area contributed by atoms with E-state index in [2.05, 4.69) is 0 Å². The van der Waals surface area contributed by atoms with E-state index in [9.17, 15) is 19.1 Å². The molecule has 1 fully saturated rings. The Kier molecular flexibility index (Phi) is 6.07. The molecule has 7 nitrogen and oxygen atoms in total. The number of carbonyl (C=O) groups excluding carboxylic acids is 2. The van der Waals surface area contributed by atoms with Gasteiger partial charge in [-0.2, -0.15) is 0 Å². The Morgan fingerprint density at radius 3 is 2.58 bits per heavy atom. The summed E-state index contributed by atoms with van der Waals surface area (Å²) in [6, 6.07) is 3.27. The van der Waals surface area contributed by atoms with Gasteiger partial charge in [-0.05, 0) is 39.0 Å². The minimum absolute atomic E-state index is 0.114. The average molecular weight is 368 g/mol. The molecule has 1 aliphatic heterocycles. The summed E-state index contributed by atoms with van der Waals surface area (Å²) in [6.45, 7) is 5.46. The number of aliphatic hydroxyl groups is 1. The van der Waals surface area contributed by atoms with Crippen molar-refractivity contribution in [2.75, 3.05) is 33.4 Å². The molecular formula is C18H25FN2O5. The van der Waals surface area contributed by atoms with Gasteiger partial charge in [-0.1, -0.05) is 0 Å². The highest BCUT2D eigenvalue weighted by molar-refractivity contribution is 5.95. The van der Waals surface area contributed by atoms with Gasteiger partial charge in [0.15, 0.2) is 0 Å². The van der Waals surface area contributed by atoms with E-state index in [1.165, 1.54) is 29.0 Å². The topological polar surface area (TPSA) is 79.3 Å². The molecule has 0 aromatic heterocycles. The average Bonchev–Trinajstić information content (AvgIpc) is 2.59. The lowest BCUT2D eigenvalue weighted by atomic mass is 10.1. The number of aliphatic hydroxyl groups excluding tert-OH is 1. The monoisotopic (exact) mass is 368 g/mol. The maximum atomic E-state index is 14.1. The summed E-state index contributed by atoms with van der Waals surface area (Å²) < 4.78 is 24.4. The fraction of sp³-hybridized carbons (Fsp3) is 0.556. The van der Waals surface area contributed by atoms with Crippen LogP contribution in [0.15, 0.2) is 18.2 Å². The lowest BCUT2D eigenvalue weighted by Gasteiger charge is -2.41. The second kappa shape index (κ2) is 7.90. The largest absolute Gasteiger partial charge is 0.497 e. The van der Waals surface area contributed by atoms with Crippen molar-refractivity contribution in [1.29, 1.82) is 0 Å². The van der Waals surface area contributed by atoms with Crippen molar-refractivity contribution in [3.8, 4) is 5.75 Å². The molecule has 26 heavy (non-hydrogen) atoms. The Balaban J connectivity index is 2.14. The van der Waals surface area contributed by atoms with Crippen molar-refractivity contribution < 1.29 is 28.6 Å². The Hall–Kier alpha value is -2.35. The first-order valence-corrected chi connectivity index (χ1v) is 8.39. The van der Waals surface area contributed by atoms with Crippen molar-refractivity contribution in [1.82, 2.24) is 9.80 Å². The highest BCUT2D eigenvalue weighted by Gasteiger charge is 2.35. The summed E-state index contributed by atoms with van der Waals surface area (Å²) >= 11 is 0. The van der Waals surface area contributed by atoms with Crippen LogP contribution in [0.1, 0.15) is 31.1 Å². The van der Waals surface area contributed by atoms with E-state index in [0.717, 1.165) is 6.07 Å². The lowest BCUT2D eigenvalue weighted by molar-refractivity contribution is -0.00255. The highest BCUT2D eigenvalue weighted by atomic mass is 19.1. The molecule has 1 atom stereocenters. The van der Waals surface area contributed by atoms with Crippen LogP contribution < -0.4 is 4.74 Å². The molecule has 0 aliphatic carbocycles. The van der Waals surface area contributed by atoms with Gasteiger partial charge in [0.25, 0.3) is 5.91 Å². The molecule has 8 heteroatoms. The SMILES string of the molecule is COc1ccc(F)c(C(=O)N2CCN(C(=O)OC(C)(C)C)CC2CO)c1. The third kappa shape index (κ3) is 4.63. The van der Waals surface area contributed by atoms with Crippen LogP contribution in [-0.4, -0.2) is 71.9 Å². The van der Waals surface area contributed by atoms with E-state index in [4.69, 9.17) is 9.47 Å². The molecular weight excluding hydrogens is 343 g/mol. The second-order valence-corrected chi connectivity index (χ2v) is 7.11. The third-order valence-corrected chi connectivity index (χ3v) is 4.01. The first kappa shape index (κ1) is 20.0. The Morgan fingerprint density at radius 2 is 2.00 bits per heavy atom. The van der Waals surface area contributed by atoms with Gasteiger partial charge in [0.05, 0.1) is 25.3 Å². The maximum Gasteiger partial charge on any atom is 0.410 e. The minimum Gasteiger partial charge on any atom is -0.497 e. The number of methoxy groups -OCH3 is 1. The smallest absolute Gasteiger partial charge is 0.410 e. The number of ether oxygens (including phenoxy) is 2. The van der Waals surface area contributed by atoms with E-state index in [1.54, 1.807) is 20.8 Å². The van der Waals surface area contributed by atoms with Crippen LogP contribution in [0, 0.1) is 5.82 Å². The molecule has 1 heterocycles. The normalized spacial score (nSPS) is 17.8. The van der Waals surface area contributed by atoms with Gasteiger partial charge in [0.2, 0.25) is 0 Å². The van der Waals surface area contributed by atoms with E-state index in [1.807, 2.05) is 0 Å². The maximum absolute atomic E-state index is 14.1. The van der Waals surface area contributed by atoms with Gasteiger partial charge in [0.1, 0.15) is 17.2 Å². The number of piperazine rings is 1. The fourth-order valence-electron chi connectivity index (χ4n) is 2.72. The van der Waals surface area contributed by atoms with E-state index in [-0.39, 0.29) is 31.8 Å². The van der Waals surface area contributed by atoms with E-state index >= 15 is 0 Å². The Morgan fingerprint density at radius 1 is 1.31 bits per heavy atom. The molecule has 1 aromatic rings. The van der Waals surface area contributed by atoms with Gasteiger partial charge in [-0.25, -0.2) is 9.18 Å². The predicted molar refractivity (Wildman–Crippen MR) is 92.7 cm³/mol. The summed E-state index contributed by atoms with van der Waals surface area (Å²) in [5, 5.41) is 9.67. The summed E-state index contributed by atoms with van der Waals surface area (Å²) in [5.74, 6) is -0.853. The third-order valence-electron chi connectivity index (χ3n) is 4.01. The van der Waals surface area contributed by atoms with Gasteiger partial charge in [-0.15, -0.1) is 0 Å². The first-order valence-electron chi connectivity index (χ1n) is 8.39. The molecule has 2 amide bonds. The molecule has 0 spiro atoms. The van der Waals surface area contributed by atoms with E-state index in [0.29, 0.717) is 5.75 Å². The molecule has 1 N–H and O–H groups in total. The molecule has 1 unspecified atom stereocenters. The fourth-order valence-corrected chi connectivity index (χ4v) is 2.72. The molecule has 144 valence electrons. The van der Waals surface area contributed by atoms with Crippen LogP contribution in [-0.2, 0) is 4.74 Å². The van der Waals surface area contributed by atoms with Crippen LogP contribution in [0.4, 0.5) is 9.18 Å². The van der Waals surface area contributed by atoms with Crippen LogP contribution in [0.3, 0.4) is 0 Å². The standard InChI is InChI=1S/C18H25FN2O5/c1-18(2,3)26-17(24)20-7-8-21(12(10-20)11-22)16(23)14-9-13(25-4)5-6-15(14)19/h5-6,9,12,22H,7-8,10-11H2,1-4H3. The number of hydrogen-bond acceptors (Lipinski definition) is 5. The molecule has 2 rings (SSSR count). The molecule has 1 saturated heterocycles. The van der Waals surface area contributed by atoms with Crippen molar-refractivity contribution in [2.24, 2.45) is 0 Å². The van der Waals surface area contributed by atoms with Crippen LogP contribution in [0.2, 0.25) is 0 Å². The van der Waals surface area contributed by atoms with Crippen LogP contribution in [0.5, 0.6) is 5.75 Å². The predicted octanol–water partition coefficient (Wildman–Crippen LogP) is 1.89. The number of benzene rings is 1. The first-order chi connectivity index (χ1) is 12.2. The van der Waals surface area contributed by atoms with E-state index < -0.39 is 29.5 Å². The van der Waals surface area contributed by atoms with Crippen LogP contribution >= 0.6 is 0 Å². The minimum atomic E-state index is -0.665. The van der Waals surface area contributed by atoms with Gasteiger partial charge in [0, 0.05) is 19.6 Å². The number of halogens is 1. The van der Waals surface area contributed by atoms with Crippen molar-refractivity contribution in [3.63, 3.8) is 0 Å².